The van der Waals surface area contributed by atoms with Crippen LogP contribution in [-0.4, -0.2) is 28.1 Å². The number of carbonyl (C=O) groups excluding carboxylic acids is 2. The summed E-state index contributed by atoms with van der Waals surface area (Å²) in [5.74, 6) is -0.0367. The van der Waals surface area contributed by atoms with Crippen LogP contribution in [0.25, 0.3) is 10.2 Å². The number of benzene rings is 1. The van der Waals surface area contributed by atoms with Crippen molar-refractivity contribution in [3.05, 3.63) is 40.4 Å². The van der Waals surface area contributed by atoms with E-state index in [1.54, 1.807) is 11.8 Å². The largest absolute Gasteiger partial charge is 0.321 e. The summed E-state index contributed by atoms with van der Waals surface area (Å²) in [6, 6.07) is 8.21. The number of aryl methyl sites for hydroxylation is 1. The molecule has 0 unspecified atom stereocenters. The van der Waals surface area contributed by atoms with Crippen molar-refractivity contribution in [2.45, 2.75) is 58.4 Å². The molecule has 1 aliphatic carbocycles. The van der Waals surface area contributed by atoms with Gasteiger partial charge in [0, 0.05) is 30.2 Å². The molecule has 1 saturated carbocycles. The van der Waals surface area contributed by atoms with Crippen molar-refractivity contribution in [3.8, 4) is 0 Å². The van der Waals surface area contributed by atoms with E-state index in [9.17, 15) is 9.59 Å². The highest BCUT2D eigenvalue weighted by atomic mass is 32.1. The van der Waals surface area contributed by atoms with Crippen molar-refractivity contribution in [2.24, 2.45) is 0 Å². The van der Waals surface area contributed by atoms with Crippen LogP contribution >= 0.6 is 11.3 Å². The average Bonchev–Trinajstić information content (AvgIpc) is 3.43. The topological polar surface area (TPSA) is 67.2 Å². The Kier molecular flexibility index (Phi) is 4.85. The summed E-state index contributed by atoms with van der Waals surface area (Å²) in [5, 5.41) is 8.91. The molecule has 7 heteroatoms. The minimum absolute atomic E-state index is 0.0539. The van der Waals surface area contributed by atoms with Gasteiger partial charge in [-0.3, -0.25) is 14.3 Å². The van der Waals surface area contributed by atoms with E-state index in [1.165, 1.54) is 43.4 Å². The molecule has 0 atom stereocenters. The van der Waals surface area contributed by atoms with Crippen LogP contribution in [0.2, 0.25) is 0 Å². The zero-order chi connectivity index (χ0) is 20.8. The number of aromatic nitrogens is 2. The lowest BCUT2D eigenvalue weighted by atomic mass is 9.96. The second-order valence-corrected chi connectivity index (χ2v) is 9.40. The lowest BCUT2D eigenvalue weighted by Gasteiger charge is -2.22. The van der Waals surface area contributed by atoms with Gasteiger partial charge in [0.2, 0.25) is 5.91 Å². The van der Waals surface area contributed by atoms with E-state index in [-0.39, 0.29) is 11.8 Å². The number of hydrogen-bond acceptors (Lipinski definition) is 4. The van der Waals surface area contributed by atoms with Crippen LogP contribution in [-0.2, 0) is 11.2 Å². The van der Waals surface area contributed by atoms with Gasteiger partial charge in [-0.15, -0.1) is 11.3 Å². The van der Waals surface area contributed by atoms with Gasteiger partial charge in [-0.25, -0.2) is 0 Å². The van der Waals surface area contributed by atoms with Crippen LogP contribution in [0.1, 0.15) is 66.0 Å². The minimum Gasteiger partial charge on any atom is -0.321 e. The Balaban J connectivity index is 1.38. The first-order valence-corrected chi connectivity index (χ1v) is 11.5. The Morgan fingerprint density at radius 2 is 1.97 bits per heavy atom. The summed E-state index contributed by atoms with van der Waals surface area (Å²) in [6.07, 6.45) is 6.97. The molecule has 156 valence electrons. The number of thiophene rings is 1. The second kappa shape index (κ2) is 7.54. The smallest absolute Gasteiger partial charge is 0.265 e. The zero-order valence-corrected chi connectivity index (χ0v) is 18.2. The molecule has 1 aliphatic heterocycles. The van der Waals surface area contributed by atoms with E-state index in [2.05, 4.69) is 10.00 Å². The van der Waals surface area contributed by atoms with Gasteiger partial charge in [-0.1, -0.05) is 19.3 Å². The molecule has 2 aromatic heterocycles. The number of amides is 2. The molecule has 3 heterocycles. The number of nitrogens with one attached hydrogen (secondary N) is 1. The van der Waals surface area contributed by atoms with Gasteiger partial charge in [-0.05, 0) is 56.0 Å². The fourth-order valence-electron chi connectivity index (χ4n) is 4.76. The Hall–Kier alpha value is -2.67. The molecule has 0 bridgehead atoms. The summed E-state index contributed by atoms with van der Waals surface area (Å²) in [7, 11) is 0. The monoisotopic (exact) mass is 422 g/mol. The first-order valence-electron chi connectivity index (χ1n) is 10.7. The third kappa shape index (κ3) is 3.31. The van der Waals surface area contributed by atoms with E-state index >= 15 is 0 Å². The van der Waals surface area contributed by atoms with Crippen LogP contribution < -0.4 is 10.2 Å². The molecule has 1 N–H and O–H groups in total. The first-order chi connectivity index (χ1) is 14.5. The zero-order valence-electron chi connectivity index (χ0n) is 17.4. The van der Waals surface area contributed by atoms with Crippen LogP contribution in [0.5, 0.6) is 0 Å². The normalized spacial score (nSPS) is 16.8. The predicted molar refractivity (Wildman–Crippen MR) is 121 cm³/mol. The third-order valence-corrected chi connectivity index (χ3v) is 7.45. The number of nitrogens with zero attached hydrogens (tertiary/aromatic N) is 3. The lowest BCUT2D eigenvalue weighted by Crippen LogP contribution is -2.25. The van der Waals surface area contributed by atoms with Gasteiger partial charge in [0.15, 0.2) is 0 Å². The van der Waals surface area contributed by atoms with E-state index in [1.807, 2.05) is 31.2 Å². The van der Waals surface area contributed by atoms with Crippen LogP contribution in [0.15, 0.2) is 24.3 Å². The van der Waals surface area contributed by atoms with Gasteiger partial charge in [0.1, 0.15) is 4.83 Å². The maximum atomic E-state index is 13.0. The predicted octanol–water partition coefficient (Wildman–Crippen LogP) is 5.07. The highest BCUT2D eigenvalue weighted by Crippen LogP contribution is 2.36. The molecule has 0 spiro atoms. The maximum absolute atomic E-state index is 13.0. The molecule has 0 saturated heterocycles. The average molecular weight is 423 g/mol. The molecule has 2 aliphatic rings. The van der Waals surface area contributed by atoms with Gasteiger partial charge in [0.25, 0.3) is 5.91 Å². The molecule has 30 heavy (non-hydrogen) atoms. The quantitative estimate of drug-likeness (QED) is 0.641. The van der Waals surface area contributed by atoms with Crippen molar-refractivity contribution >= 4 is 44.7 Å². The van der Waals surface area contributed by atoms with Crippen molar-refractivity contribution in [1.29, 1.82) is 0 Å². The van der Waals surface area contributed by atoms with E-state index < -0.39 is 0 Å². The summed E-state index contributed by atoms with van der Waals surface area (Å²) in [6.45, 7) is 4.31. The molecule has 2 amide bonds. The Morgan fingerprint density at radius 3 is 2.73 bits per heavy atom. The van der Waals surface area contributed by atoms with Crippen LogP contribution in [0.4, 0.5) is 11.4 Å². The standard InChI is InChI=1S/C23H26N4O2S/c1-14-19-13-21(30-23(19)27(25-14)18-6-4-3-5-7-18)22(29)24-17-8-9-20-16(12-17)10-11-26(20)15(2)28/h8-9,12-13,18H,3-7,10-11H2,1-2H3,(H,24,29). The van der Waals surface area contributed by atoms with Gasteiger partial charge in [0.05, 0.1) is 16.6 Å². The number of hydrogen-bond donors (Lipinski definition) is 1. The summed E-state index contributed by atoms with van der Waals surface area (Å²) in [5.41, 5.74) is 3.81. The number of rotatable bonds is 3. The van der Waals surface area contributed by atoms with Crippen molar-refractivity contribution in [2.75, 3.05) is 16.8 Å². The summed E-state index contributed by atoms with van der Waals surface area (Å²) in [4.78, 5) is 28.3. The Morgan fingerprint density at radius 1 is 1.17 bits per heavy atom. The van der Waals surface area contributed by atoms with Crippen molar-refractivity contribution in [3.63, 3.8) is 0 Å². The molecule has 1 aromatic carbocycles. The highest BCUT2D eigenvalue weighted by Gasteiger charge is 2.24. The molecular formula is C23H26N4O2S. The van der Waals surface area contributed by atoms with Crippen LogP contribution in [0.3, 0.4) is 0 Å². The molecule has 0 radical (unpaired) electrons. The molecule has 1 fully saturated rings. The summed E-state index contributed by atoms with van der Waals surface area (Å²) < 4.78 is 2.16. The van der Waals surface area contributed by atoms with E-state index in [0.717, 1.165) is 39.3 Å². The maximum Gasteiger partial charge on any atom is 0.265 e. The molecule has 3 aromatic rings. The summed E-state index contributed by atoms with van der Waals surface area (Å²) >= 11 is 1.53. The third-order valence-electron chi connectivity index (χ3n) is 6.33. The van der Waals surface area contributed by atoms with Gasteiger partial charge >= 0.3 is 0 Å². The molecule has 5 rings (SSSR count). The number of fused-ring (bicyclic) bond motifs is 2. The van der Waals surface area contributed by atoms with E-state index in [0.29, 0.717) is 17.5 Å². The van der Waals surface area contributed by atoms with Gasteiger partial charge in [-0.2, -0.15) is 5.10 Å². The van der Waals surface area contributed by atoms with Crippen LogP contribution in [0, 0.1) is 6.92 Å². The Bertz CT molecular complexity index is 1140. The lowest BCUT2D eigenvalue weighted by molar-refractivity contribution is -0.116. The van der Waals surface area contributed by atoms with Crippen molar-refractivity contribution < 1.29 is 9.59 Å². The Labute approximate surface area is 179 Å². The van der Waals surface area contributed by atoms with Gasteiger partial charge < -0.3 is 10.2 Å². The fraction of sp³-hybridized carbons (Fsp3) is 0.435. The highest BCUT2D eigenvalue weighted by molar-refractivity contribution is 7.20. The number of carbonyl (C=O) groups is 2. The van der Waals surface area contributed by atoms with E-state index in [4.69, 9.17) is 5.10 Å². The first kappa shape index (κ1) is 19.3. The fourth-order valence-corrected chi connectivity index (χ4v) is 5.88. The number of anilines is 2. The minimum atomic E-state index is -0.0906. The molecule has 6 nitrogen and oxygen atoms in total. The molecular weight excluding hydrogens is 396 g/mol. The SMILES string of the molecule is CC(=O)N1CCc2cc(NC(=O)c3cc4c(C)nn(C5CCCCC5)c4s3)ccc21. The van der Waals surface area contributed by atoms with Crippen molar-refractivity contribution in [1.82, 2.24) is 9.78 Å². The second-order valence-electron chi connectivity index (χ2n) is 8.37.